The van der Waals surface area contributed by atoms with Gasteiger partial charge in [-0.25, -0.2) is 0 Å². The normalized spacial score (nSPS) is 10.0. The van der Waals surface area contributed by atoms with E-state index in [0.717, 1.165) is 22.3 Å². The van der Waals surface area contributed by atoms with Crippen molar-refractivity contribution in [1.29, 1.82) is 21.0 Å². The monoisotopic (exact) mass is 868 g/mol. The fourth-order valence-corrected chi connectivity index (χ4v) is 5.71. The van der Waals surface area contributed by atoms with Crippen molar-refractivity contribution < 1.29 is 9.47 Å². The van der Waals surface area contributed by atoms with Gasteiger partial charge in [0, 0.05) is 11.4 Å². The maximum absolute atomic E-state index is 9.10. The lowest BCUT2D eigenvalue weighted by Gasteiger charge is -2.14. The van der Waals surface area contributed by atoms with Gasteiger partial charge in [0.05, 0.1) is 46.5 Å². The summed E-state index contributed by atoms with van der Waals surface area (Å²) < 4.78 is 12.9. The number of benzene rings is 4. The molecule has 0 aliphatic carbocycles. The lowest BCUT2D eigenvalue weighted by molar-refractivity contribution is 0.452. The number of nitrogens with zero attached hydrogens (tertiary/aromatic N) is 8. The molecule has 276 valence electrons. The minimum Gasteiger partial charge on any atom is -0.437 e. The van der Waals surface area contributed by atoms with Gasteiger partial charge in [-0.2, -0.15) is 41.0 Å². The van der Waals surface area contributed by atoms with Crippen LogP contribution in [-0.2, 0) is 0 Å². The third-order valence-electron chi connectivity index (χ3n) is 7.81. The highest BCUT2D eigenvalue weighted by molar-refractivity contribution is 9.11. The zero-order valence-electron chi connectivity index (χ0n) is 30.2. The Balaban J connectivity index is 0.000000214. The summed E-state index contributed by atoms with van der Waals surface area (Å²) in [6, 6.07) is 29.1. The summed E-state index contributed by atoms with van der Waals surface area (Å²) >= 11 is 6.72. The number of hydrogen-bond donors (Lipinski definition) is 4. The predicted molar refractivity (Wildman–Crippen MR) is 219 cm³/mol. The van der Waals surface area contributed by atoms with Gasteiger partial charge in [0.15, 0.2) is 0 Å². The average Bonchev–Trinajstić information content (AvgIpc) is 3.18. The van der Waals surface area contributed by atoms with Crippen molar-refractivity contribution in [3.8, 4) is 47.5 Å². The van der Waals surface area contributed by atoms with E-state index < -0.39 is 0 Å². The van der Waals surface area contributed by atoms with Crippen LogP contribution in [0.15, 0.2) is 81.7 Å². The highest BCUT2D eigenvalue weighted by Gasteiger charge is 2.17. The number of nitrogens with one attached hydrogen (secondary N) is 2. The number of rotatable bonds is 8. The second kappa shape index (κ2) is 17.7. The van der Waals surface area contributed by atoms with Crippen LogP contribution >= 0.6 is 31.9 Å². The summed E-state index contributed by atoms with van der Waals surface area (Å²) in [6.45, 7) is 7.43. The molecular formula is C40H30Br2N12O2. The highest BCUT2D eigenvalue weighted by Crippen LogP contribution is 2.37. The van der Waals surface area contributed by atoms with E-state index in [1.165, 1.54) is 0 Å². The Morgan fingerprint density at radius 2 is 0.804 bits per heavy atom. The molecule has 6 aromatic rings. The molecule has 56 heavy (non-hydrogen) atoms. The number of hydrogen-bond acceptors (Lipinski definition) is 14. The fourth-order valence-electron chi connectivity index (χ4n) is 5.19. The summed E-state index contributed by atoms with van der Waals surface area (Å²) in [5.74, 6) is 2.63. The molecule has 16 heteroatoms. The molecule has 0 bridgehead atoms. The molecule has 0 aliphatic rings. The Labute approximate surface area is 339 Å². The molecule has 0 saturated heterocycles. The minimum atomic E-state index is 0.213. The van der Waals surface area contributed by atoms with Crippen molar-refractivity contribution in [2.45, 2.75) is 27.7 Å². The van der Waals surface area contributed by atoms with Crippen LogP contribution in [-0.4, -0.2) is 19.9 Å². The number of anilines is 6. The van der Waals surface area contributed by atoms with Crippen LogP contribution in [0.2, 0.25) is 0 Å². The zero-order chi connectivity index (χ0) is 40.5. The molecule has 4 aromatic carbocycles. The first-order chi connectivity index (χ1) is 26.8. The zero-order valence-corrected chi connectivity index (χ0v) is 33.4. The predicted octanol–water partition coefficient (Wildman–Crippen LogP) is 9.43. The highest BCUT2D eigenvalue weighted by atomic mass is 79.9. The largest absolute Gasteiger partial charge is 0.437 e. The van der Waals surface area contributed by atoms with Crippen LogP contribution in [0.1, 0.15) is 44.5 Å². The number of aromatic nitrogens is 4. The van der Waals surface area contributed by atoms with Crippen LogP contribution < -0.4 is 31.6 Å². The molecule has 0 amide bonds. The molecule has 0 radical (unpaired) electrons. The third-order valence-corrected chi connectivity index (χ3v) is 9.30. The van der Waals surface area contributed by atoms with E-state index in [9.17, 15) is 0 Å². The van der Waals surface area contributed by atoms with E-state index in [1.54, 1.807) is 72.8 Å². The maximum Gasteiger partial charge on any atom is 0.240 e. The Morgan fingerprint density at radius 3 is 1.09 bits per heavy atom. The number of nitrogens with two attached hydrogens (primary N) is 2. The van der Waals surface area contributed by atoms with Crippen molar-refractivity contribution in [2.75, 3.05) is 22.1 Å². The van der Waals surface area contributed by atoms with E-state index in [2.05, 4.69) is 86.7 Å². The van der Waals surface area contributed by atoms with Gasteiger partial charge >= 0.3 is 0 Å². The maximum atomic E-state index is 9.10. The van der Waals surface area contributed by atoms with E-state index >= 15 is 0 Å². The van der Waals surface area contributed by atoms with Gasteiger partial charge in [0.25, 0.3) is 0 Å². The summed E-state index contributed by atoms with van der Waals surface area (Å²) in [6.07, 6.45) is 0. The SMILES string of the molecule is Cc1cc(C#N)cc(C)c1Oc1nc(Nc2ccc(C#N)cc2)nc(N)c1Br.Cc1cc(C#N)cc(C)c1Oc1nc(Nc2ccc(C#N)cc2)nc(N)c1Br. The van der Waals surface area contributed by atoms with Crippen molar-refractivity contribution in [3.05, 3.63) is 126 Å². The fraction of sp³-hybridized carbons (Fsp3) is 0.100. The van der Waals surface area contributed by atoms with Gasteiger partial charge < -0.3 is 31.6 Å². The number of halogens is 2. The minimum absolute atomic E-state index is 0.213. The van der Waals surface area contributed by atoms with Gasteiger partial charge in [0.2, 0.25) is 23.7 Å². The molecule has 2 heterocycles. The number of nitrogen functional groups attached to an aromatic ring is 2. The van der Waals surface area contributed by atoms with Crippen LogP contribution in [0.4, 0.5) is 34.9 Å². The summed E-state index contributed by atoms with van der Waals surface area (Å²) in [5, 5.41) is 42.1. The summed E-state index contributed by atoms with van der Waals surface area (Å²) in [5.41, 5.74) is 18.9. The van der Waals surface area contributed by atoms with Crippen molar-refractivity contribution >= 4 is 66.8 Å². The first-order valence-corrected chi connectivity index (χ1v) is 18.0. The van der Waals surface area contributed by atoms with E-state index in [-0.39, 0.29) is 35.3 Å². The standard InChI is InChI=1S/2C20H15BrN6O/c2*1-11-7-14(10-23)8-12(2)17(11)28-19-16(21)18(24)26-20(27-19)25-15-5-3-13(9-22)4-6-15/h2*3-8H,1-2H3,(H3,24,25,26,27). The lowest BCUT2D eigenvalue weighted by atomic mass is 10.1. The van der Waals surface area contributed by atoms with Crippen molar-refractivity contribution in [2.24, 2.45) is 0 Å². The van der Waals surface area contributed by atoms with Gasteiger partial charge in [-0.3, -0.25) is 0 Å². The molecule has 0 aliphatic heterocycles. The van der Waals surface area contributed by atoms with E-state index in [4.69, 9.17) is 42.0 Å². The van der Waals surface area contributed by atoms with E-state index in [0.29, 0.717) is 54.1 Å². The smallest absolute Gasteiger partial charge is 0.240 e. The molecule has 14 nitrogen and oxygen atoms in total. The van der Waals surface area contributed by atoms with Crippen molar-refractivity contribution in [3.63, 3.8) is 0 Å². The first-order valence-electron chi connectivity index (χ1n) is 16.4. The Hall–Kier alpha value is -7.24. The molecule has 0 unspecified atom stereocenters. The van der Waals surface area contributed by atoms with Crippen LogP contribution in [0.5, 0.6) is 23.3 Å². The van der Waals surface area contributed by atoms with Gasteiger partial charge in [-0.1, -0.05) is 0 Å². The average molecular weight is 871 g/mol. The summed E-state index contributed by atoms with van der Waals surface area (Å²) in [7, 11) is 0. The van der Waals surface area contributed by atoms with Crippen LogP contribution in [0.25, 0.3) is 0 Å². The molecule has 0 spiro atoms. The van der Waals surface area contributed by atoms with Gasteiger partial charge in [-0.05, 0) is 155 Å². The topological polar surface area (TPSA) is 241 Å². The quantitative estimate of drug-likeness (QED) is 0.111. The van der Waals surface area contributed by atoms with E-state index in [1.807, 2.05) is 27.7 Å². The summed E-state index contributed by atoms with van der Waals surface area (Å²) in [4.78, 5) is 17.2. The van der Waals surface area contributed by atoms with Gasteiger partial charge in [0.1, 0.15) is 32.1 Å². The van der Waals surface area contributed by atoms with Gasteiger partial charge in [-0.15, -0.1) is 0 Å². The molecule has 0 atom stereocenters. The van der Waals surface area contributed by atoms with Crippen LogP contribution in [0, 0.1) is 73.0 Å². The molecule has 0 fully saturated rings. The molecule has 0 saturated carbocycles. The molecule has 6 rings (SSSR count). The second-order valence-electron chi connectivity index (χ2n) is 12.0. The first kappa shape index (κ1) is 40.0. The number of nitriles is 4. The third kappa shape index (κ3) is 9.64. The second-order valence-corrected chi connectivity index (χ2v) is 13.6. The van der Waals surface area contributed by atoms with Crippen molar-refractivity contribution in [1.82, 2.24) is 19.9 Å². The molecule has 6 N–H and O–H groups in total. The Bertz CT molecular complexity index is 2390. The number of aryl methyl sites for hydroxylation is 4. The number of ether oxygens (including phenoxy) is 2. The Kier molecular flexibility index (Phi) is 12.6. The molecular weight excluding hydrogens is 840 g/mol. The molecule has 2 aromatic heterocycles. The Morgan fingerprint density at radius 1 is 0.500 bits per heavy atom. The van der Waals surface area contributed by atoms with Crippen LogP contribution in [0.3, 0.4) is 0 Å². The lowest BCUT2D eigenvalue weighted by Crippen LogP contribution is -2.04.